The van der Waals surface area contributed by atoms with E-state index in [1.54, 1.807) is 24.7 Å². The highest BCUT2D eigenvalue weighted by molar-refractivity contribution is 9.10. The van der Waals surface area contributed by atoms with Crippen molar-refractivity contribution in [3.8, 4) is 5.75 Å². The van der Waals surface area contributed by atoms with Crippen molar-refractivity contribution >= 4 is 45.2 Å². The summed E-state index contributed by atoms with van der Waals surface area (Å²) in [7, 11) is 1.57. The van der Waals surface area contributed by atoms with Gasteiger partial charge in [0.15, 0.2) is 4.80 Å². The molecule has 1 saturated heterocycles. The van der Waals surface area contributed by atoms with E-state index in [1.807, 2.05) is 37.3 Å². The first-order valence-corrected chi connectivity index (χ1v) is 14.5. The third-order valence-electron chi connectivity index (χ3n) is 6.59. The Bertz CT molecular complexity index is 1580. The molecule has 5 rings (SSSR count). The molecule has 3 aromatic rings. The third kappa shape index (κ3) is 5.35. The number of hydrogen-bond donors (Lipinski definition) is 0. The molecule has 1 atom stereocenters. The molecule has 39 heavy (non-hydrogen) atoms. The summed E-state index contributed by atoms with van der Waals surface area (Å²) in [5, 5.41) is 0. The Morgan fingerprint density at radius 3 is 2.74 bits per heavy atom. The molecule has 0 amide bonds. The number of esters is 1. The Morgan fingerprint density at radius 1 is 1.26 bits per heavy atom. The zero-order chi connectivity index (χ0) is 27.5. The van der Waals surface area contributed by atoms with Crippen molar-refractivity contribution in [1.82, 2.24) is 4.57 Å². The first kappa shape index (κ1) is 27.4. The number of methoxy groups -OCH3 is 1. The van der Waals surface area contributed by atoms with Crippen LogP contribution in [-0.2, 0) is 14.3 Å². The maximum Gasteiger partial charge on any atom is 0.338 e. The first-order valence-electron chi connectivity index (χ1n) is 12.9. The molecule has 1 aromatic carbocycles. The Labute approximate surface area is 238 Å². The summed E-state index contributed by atoms with van der Waals surface area (Å²) in [5.41, 5.74) is 1.40. The minimum atomic E-state index is -0.743. The Balaban J connectivity index is 1.69. The molecule has 2 aliphatic rings. The van der Waals surface area contributed by atoms with E-state index in [2.05, 4.69) is 20.8 Å². The molecule has 11 heteroatoms. The predicted octanol–water partition coefficient (Wildman–Crippen LogP) is 3.78. The minimum Gasteiger partial charge on any atom is -0.496 e. The van der Waals surface area contributed by atoms with Crippen LogP contribution in [-0.4, -0.2) is 50.6 Å². The van der Waals surface area contributed by atoms with Gasteiger partial charge in [-0.2, -0.15) is 0 Å². The molecular formula is C28H30BrN3O6S. The standard InChI is InChI=1S/C28H30BrN3O6S/c1-4-8-20-23(27(34)37-5-2)24(18-9-6-7-10-21(18)35-3)32-25(33)22(39-28(32)30-20)16-17-15-19(29)26(38-17)31-11-13-36-14-12-31/h6-7,9-10,15-16,24H,4-5,8,11-14H2,1-3H3/b22-16+/t24-/m1/s1. The molecule has 4 heterocycles. The fourth-order valence-corrected chi connectivity index (χ4v) is 6.42. The van der Waals surface area contributed by atoms with Crippen LogP contribution in [0.1, 0.15) is 44.1 Å². The second-order valence-electron chi connectivity index (χ2n) is 9.06. The van der Waals surface area contributed by atoms with E-state index < -0.39 is 12.0 Å². The molecule has 206 valence electrons. The van der Waals surface area contributed by atoms with Crippen molar-refractivity contribution in [3.63, 3.8) is 0 Å². The number of furan rings is 1. The van der Waals surface area contributed by atoms with E-state index in [1.165, 1.54) is 11.3 Å². The number of rotatable bonds is 8. The van der Waals surface area contributed by atoms with Crippen molar-refractivity contribution in [2.75, 3.05) is 44.9 Å². The molecule has 2 aromatic heterocycles. The molecule has 0 aliphatic carbocycles. The van der Waals surface area contributed by atoms with Gasteiger partial charge in [0.25, 0.3) is 5.56 Å². The zero-order valence-electron chi connectivity index (χ0n) is 22.1. The number of carbonyl (C=O) groups is 1. The van der Waals surface area contributed by atoms with E-state index in [0.29, 0.717) is 63.2 Å². The molecule has 0 saturated carbocycles. The Morgan fingerprint density at radius 2 is 2.03 bits per heavy atom. The van der Waals surface area contributed by atoms with E-state index in [0.717, 1.165) is 24.0 Å². The van der Waals surface area contributed by atoms with E-state index in [9.17, 15) is 9.59 Å². The molecule has 0 bridgehead atoms. The lowest BCUT2D eigenvalue weighted by molar-refractivity contribution is -0.139. The lowest BCUT2D eigenvalue weighted by atomic mass is 9.93. The molecule has 2 aliphatic heterocycles. The minimum absolute atomic E-state index is 0.212. The number of morpholine rings is 1. The van der Waals surface area contributed by atoms with Gasteiger partial charge in [0, 0.05) is 30.8 Å². The van der Waals surface area contributed by atoms with Gasteiger partial charge in [-0.15, -0.1) is 0 Å². The summed E-state index contributed by atoms with van der Waals surface area (Å²) in [4.78, 5) is 34.7. The van der Waals surface area contributed by atoms with Crippen LogP contribution >= 0.6 is 27.3 Å². The van der Waals surface area contributed by atoms with E-state index >= 15 is 0 Å². The maximum absolute atomic E-state index is 14.0. The van der Waals surface area contributed by atoms with Crippen LogP contribution in [0.5, 0.6) is 5.75 Å². The highest BCUT2D eigenvalue weighted by Gasteiger charge is 2.36. The largest absolute Gasteiger partial charge is 0.496 e. The van der Waals surface area contributed by atoms with E-state index in [4.69, 9.17) is 23.6 Å². The van der Waals surface area contributed by atoms with Crippen LogP contribution in [0.15, 0.2) is 60.3 Å². The van der Waals surface area contributed by atoms with Gasteiger partial charge in [-0.3, -0.25) is 9.36 Å². The highest BCUT2D eigenvalue weighted by Crippen LogP contribution is 2.37. The van der Waals surface area contributed by atoms with Gasteiger partial charge in [-0.25, -0.2) is 9.79 Å². The van der Waals surface area contributed by atoms with Crippen molar-refractivity contribution in [1.29, 1.82) is 0 Å². The highest BCUT2D eigenvalue weighted by atomic mass is 79.9. The van der Waals surface area contributed by atoms with Gasteiger partial charge in [-0.1, -0.05) is 42.9 Å². The van der Waals surface area contributed by atoms with Gasteiger partial charge >= 0.3 is 5.97 Å². The molecule has 0 radical (unpaired) electrons. The number of anilines is 1. The average Bonchev–Trinajstić information content (AvgIpc) is 3.47. The van der Waals surface area contributed by atoms with Crippen LogP contribution in [0, 0.1) is 0 Å². The van der Waals surface area contributed by atoms with Crippen molar-refractivity contribution in [2.45, 2.75) is 32.7 Å². The van der Waals surface area contributed by atoms with Crippen LogP contribution in [0.3, 0.4) is 0 Å². The number of fused-ring (bicyclic) bond motifs is 1. The van der Waals surface area contributed by atoms with Gasteiger partial charge in [0.2, 0.25) is 5.88 Å². The number of para-hydroxylation sites is 1. The SMILES string of the molecule is CCCC1=C(C(=O)OCC)[C@@H](c2ccccc2OC)n2c(s/c(=C/c3cc(Br)c(N4CCOCC4)o3)c2=O)=N1. The van der Waals surface area contributed by atoms with Gasteiger partial charge in [0.1, 0.15) is 17.6 Å². The van der Waals surface area contributed by atoms with Crippen LogP contribution in [0.2, 0.25) is 0 Å². The molecule has 0 unspecified atom stereocenters. The van der Waals surface area contributed by atoms with Crippen LogP contribution in [0.4, 0.5) is 5.88 Å². The second-order valence-corrected chi connectivity index (χ2v) is 10.9. The first-order chi connectivity index (χ1) is 19.0. The van der Waals surface area contributed by atoms with E-state index in [-0.39, 0.29) is 12.2 Å². The molecule has 0 spiro atoms. The predicted molar refractivity (Wildman–Crippen MR) is 152 cm³/mol. The summed E-state index contributed by atoms with van der Waals surface area (Å²) in [6.45, 7) is 6.72. The number of hydrogen-bond acceptors (Lipinski definition) is 9. The fraction of sp³-hybridized carbons (Fsp3) is 0.393. The summed E-state index contributed by atoms with van der Waals surface area (Å²) in [5.74, 6) is 1.33. The second kappa shape index (κ2) is 11.9. The van der Waals surface area contributed by atoms with Crippen molar-refractivity contribution in [3.05, 3.63) is 77.1 Å². The molecule has 0 N–H and O–H groups in total. The molecular weight excluding hydrogens is 586 g/mol. The zero-order valence-corrected chi connectivity index (χ0v) is 24.5. The fourth-order valence-electron chi connectivity index (χ4n) is 4.87. The average molecular weight is 617 g/mol. The summed E-state index contributed by atoms with van der Waals surface area (Å²) < 4.78 is 25.5. The van der Waals surface area contributed by atoms with Crippen molar-refractivity contribution < 1.29 is 23.4 Å². The molecule has 1 fully saturated rings. The Kier molecular flexibility index (Phi) is 8.39. The topological polar surface area (TPSA) is 95.5 Å². The quantitative estimate of drug-likeness (QED) is 0.356. The number of thiazole rings is 1. The maximum atomic E-state index is 14.0. The Hall–Kier alpha value is -3.15. The number of ether oxygens (including phenoxy) is 3. The van der Waals surface area contributed by atoms with Crippen molar-refractivity contribution in [2.24, 2.45) is 4.99 Å². The molecule has 9 nitrogen and oxygen atoms in total. The lowest BCUT2D eigenvalue weighted by Gasteiger charge is -2.26. The smallest absolute Gasteiger partial charge is 0.338 e. The van der Waals surface area contributed by atoms with Crippen LogP contribution < -0.4 is 24.5 Å². The van der Waals surface area contributed by atoms with Crippen LogP contribution in [0.25, 0.3) is 6.08 Å². The number of carbonyl (C=O) groups excluding carboxylic acids is 1. The number of nitrogens with zero attached hydrogens (tertiary/aromatic N) is 3. The summed E-state index contributed by atoms with van der Waals surface area (Å²) in [6.07, 6.45) is 3.07. The number of benzene rings is 1. The van der Waals surface area contributed by atoms with Gasteiger partial charge in [0.05, 0.1) is 47.2 Å². The number of halogens is 1. The third-order valence-corrected chi connectivity index (χ3v) is 8.14. The monoisotopic (exact) mass is 615 g/mol. The lowest BCUT2D eigenvalue weighted by Crippen LogP contribution is -2.40. The van der Waals surface area contributed by atoms with Gasteiger partial charge < -0.3 is 23.5 Å². The summed E-state index contributed by atoms with van der Waals surface area (Å²) >= 11 is 4.86. The number of aromatic nitrogens is 1. The normalized spacial score (nSPS) is 17.7. The number of allylic oxidation sites excluding steroid dienone is 1. The van der Waals surface area contributed by atoms with Gasteiger partial charge in [-0.05, 0) is 35.3 Å². The summed E-state index contributed by atoms with van der Waals surface area (Å²) in [6, 6.07) is 8.52.